The van der Waals surface area contributed by atoms with Gasteiger partial charge in [0.05, 0.1) is 12.2 Å². The molecule has 0 aliphatic rings. The molecule has 0 fully saturated rings. The maximum atomic E-state index is 12.4. The fourth-order valence-electron chi connectivity index (χ4n) is 1.42. The van der Waals surface area contributed by atoms with E-state index in [1.807, 2.05) is 0 Å². The van der Waals surface area contributed by atoms with Crippen LogP contribution in [0.2, 0.25) is 0 Å². The zero-order valence-electron chi connectivity index (χ0n) is 10.3. The van der Waals surface area contributed by atoms with Crippen LogP contribution in [-0.4, -0.2) is 25.9 Å². The van der Waals surface area contributed by atoms with Crippen molar-refractivity contribution in [2.75, 3.05) is 19.8 Å². The van der Waals surface area contributed by atoms with Crippen LogP contribution in [0.5, 0.6) is 0 Å². The van der Waals surface area contributed by atoms with Gasteiger partial charge in [0.1, 0.15) is 6.61 Å². The largest absolute Gasteiger partial charge is 0.416 e. The molecule has 0 aromatic heterocycles. The van der Waals surface area contributed by atoms with E-state index < -0.39 is 24.5 Å². The summed E-state index contributed by atoms with van der Waals surface area (Å²) in [4.78, 5) is 0. The number of halogens is 6. The molecular formula is C12H13F6NO. The van der Waals surface area contributed by atoms with E-state index in [-0.39, 0.29) is 19.7 Å². The average Bonchev–Trinajstić information content (AvgIpc) is 2.31. The summed E-state index contributed by atoms with van der Waals surface area (Å²) in [5.74, 6) is 0. The number of nitrogens with one attached hydrogen (secondary N) is 1. The molecule has 1 N–H and O–H groups in total. The van der Waals surface area contributed by atoms with Crippen molar-refractivity contribution in [3.05, 3.63) is 35.4 Å². The van der Waals surface area contributed by atoms with Crippen molar-refractivity contribution in [2.24, 2.45) is 0 Å². The minimum atomic E-state index is -4.41. The molecule has 0 heterocycles. The number of hydrogen-bond donors (Lipinski definition) is 1. The molecule has 8 heteroatoms. The van der Waals surface area contributed by atoms with E-state index in [0.717, 1.165) is 12.1 Å². The Kier molecular flexibility index (Phi) is 5.82. The van der Waals surface area contributed by atoms with E-state index in [1.165, 1.54) is 12.1 Å². The van der Waals surface area contributed by atoms with Crippen molar-refractivity contribution in [1.82, 2.24) is 5.32 Å². The van der Waals surface area contributed by atoms with Gasteiger partial charge in [-0.05, 0) is 11.6 Å². The Hall–Kier alpha value is -1.28. The van der Waals surface area contributed by atoms with Gasteiger partial charge in [-0.2, -0.15) is 26.3 Å². The fraction of sp³-hybridized carbons (Fsp3) is 0.500. The maximum absolute atomic E-state index is 12.4. The molecular weight excluding hydrogens is 288 g/mol. The van der Waals surface area contributed by atoms with Crippen molar-refractivity contribution < 1.29 is 31.1 Å². The van der Waals surface area contributed by atoms with E-state index in [0.29, 0.717) is 5.56 Å². The highest BCUT2D eigenvalue weighted by Crippen LogP contribution is 2.29. The summed E-state index contributed by atoms with van der Waals surface area (Å²) >= 11 is 0. The quantitative estimate of drug-likeness (QED) is 0.642. The van der Waals surface area contributed by atoms with Gasteiger partial charge < -0.3 is 10.1 Å². The van der Waals surface area contributed by atoms with Crippen LogP contribution in [0.3, 0.4) is 0 Å². The summed E-state index contributed by atoms with van der Waals surface area (Å²) in [6.45, 7) is -1.26. The van der Waals surface area contributed by atoms with Crippen molar-refractivity contribution in [3.8, 4) is 0 Å². The zero-order valence-corrected chi connectivity index (χ0v) is 10.3. The average molecular weight is 301 g/mol. The molecule has 0 amide bonds. The predicted octanol–water partition coefficient (Wildman–Crippen LogP) is 3.37. The molecule has 0 spiro atoms. The topological polar surface area (TPSA) is 21.3 Å². The summed E-state index contributed by atoms with van der Waals surface area (Å²) in [7, 11) is 0. The normalized spacial score (nSPS) is 12.7. The molecule has 0 radical (unpaired) electrons. The fourth-order valence-corrected chi connectivity index (χ4v) is 1.42. The minimum Gasteiger partial charge on any atom is -0.371 e. The highest BCUT2D eigenvalue weighted by Gasteiger charge is 2.30. The molecule has 0 saturated carbocycles. The maximum Gasteiger partial charge on any atom is 0.416 e. The molecule has 0 atom stereocenters. The van der Waals surface area contributed by atoms with Gasteiger partial charge in [0.15, 0.2) is 0 Å². The van der Waals surface area contributed by atoms with Crippen molar-refractivity contribution >= 4 is 0 Å². The molecule has 1 aromatic carbocycles. The zero-order chi connectivity index (χ0) is 15.2. The lowest BCUT2D eigenvalue weighted by Gasteiger charge is -2.10. The van der Waals surface area contributed by atoms with E-state index >= 15 is 0 Å². The Bertz CT molecular complexity index is 415. The third-order valence-corrected chi connectivity index (χ3v) is 2.27. The lowest BCUT2D eigenvalue weighted by atomic mass is 10.1. The lowest BCUT2D eigenvalue weighted by molar-refractivity contribution is -0.173. The van der Waals surface area contributed by atoms with Crippen LogP contribution in [0.4, 0.5) is 26.3 Å². The van der Waals surface area contributed by atoms with Gasteiger partial charge in [0.2, 0.25) is 0 Å². The molecule has 1 rings (SSSR count). The molecule has 0 bridgehead atoms. The van der Waals surface area contributed by atoms with Crippen LogP contribution in [0.25, 0.3) is 0 Å². The molecule has 114 valence electrons. The van der Waals surface area contributed by atoms with Crippen LogP contribution in [0.15, 0.2) is 24.3 Å². The SMILES string of the molecule is FC(F)(F)COCCNCc1cccc(C(F)(F)F)c1. The van der Waals surface area contributed by atoms with Gasteiger partial charge in [-0.1, -0.05) is 18.2 Å². The van der Waals surface area contributed by atoms with Gasteiger partial charge in [-0.3, -0.25) is 0 Å². The van der Waals surface area contributed by atoms with E-state index in [4.69, 9.17) is 0 Å². The first-order valence-electron chi connectivity index (χ1n) is 5.70. The van der Waals surface area contributed by atoms with E-state index in [9.17, 15) is 26.3 Å². The first kappa shape index (κ1) is 16.8. The first-order chi connectivity index (χ1) is 9.18. The second-order valence-corrected chi connectivity index (χ2v) is 4.04. The highest BCUT2D eigenvalue weighted by atomic mass is 19.4. The summed E-state index contributed by atoms with van der Waals surface area (Å²) in [6.07, 6.45) is -8.78. The van der Waals surface area contributed by atoms with E-state index in [2.05, 4.69) is 10.1 Å². The Morgan fingerprint density at radius 1 is 1.05 bits per heavy atom. The van der Waals surface area contributed by atoms with Gasteiger partial charge >= 0.3 is 12.4 Å². The third kappa shape index (κ3) is 6.76. The Balaban J connectivity index is 2.29. The molecule has 0 saturated heterocycles. The second kappa shape index (κ2) is 6.94. The van der Waals surface area contributed by atoms with Gasteiger partial charge in [0, 0.05) is 13.1 Å². The number of alkyl halides is 6. The molecule has 1 aromatic rings. The minimum absolute atomic E-state index is 0.117. The molecule has 20 heavy (non-hydrogen) atoms. The van der Waals surface area contributed by atoms with Crippen molar-refractivity contribution in [3.63, 3.8) is 0 Å². The van der Waals surface area contributed by atoms with Crippen LogP contribution in [0, 0.1) is 0 Å². The predicted molar refractivity (Wildman–Crippen MR) is 60.0 cm³/mol. The molecule has 0 aliphatic heterocycles. The lowest BCUT2D eigenvalue weighted by Crippen LogP contribution is -2.23. The molecule has 0 aliphatic carbocycles. The monoisotopic (exact) mass is 301 g/mol. The van der Waals surface area contributed by atoms with E-state index in [1.54, 1.807) is 0 Å². The third-order valence-electron chi connectivity index (χ3n) is 2.27. The van der Waals surface area contributed by atoms with Gasteiger partial charge in [-0.25, -0.2) is 0 Å². The van der Waals surface area contributed by atoms with Gasteiger partial charge in [0.25, 0.3) is 0 Å². The standard InChI is InChI=1S/C12H13F6NO/c13-11(14,15)8-20-5-4-19-7-9-2-1-3-10(6-9)12(16,17)18/h1-3,6,19H,4-5,7-8H2. The summed E-state index contributed by atoms with van der Waals surface area (Å²) in [5, 5.41) is 2.71. The number of rotatable bonds is 6. The molecule has 2 nitrogen and oxygen atoms in total. The summed E-state index contributed by atoms with van der Waals surface area (Å²) in [5.41, 5.74) is -0.360. The van der Waals surface area contributed by atoms with Crippen molar-refractivity contribution in [1.29, 1.82) is 0 Å². The summed E-state index contributed by atoms with van der Waals surface area (Å²) < 4.78 is 76.8. The summed E-state index contributed by atoms with van der Waals surface area (Å²) in [6, 6.07) is 4.72. The van der Waals surface area contributed by atoms with Crippen LogP contribution in [-0.2, 0) is 17.5 Å². The van der Waals surface area contributed by atoms with Crippen LogP contribution in [0.1, 0.15) is 11.1 Å². The number of benzene rings is 1. The smallest absolute Gasteiger partial charge is 0.371 e. The first-order valence-corrected chi connectivity index (χ1v) is 5.70. The Morgan fingerprint density at radius 3 is 2.35 bits per heavy atom. The van der Waals surface area contributed by atoms with Crippen LogP contribution >= 0.6 is 0 Å². The number of ether oxygens (including phenoxy) is 1. The van der Waals surface area contributed by atoms with Crippen molar-refractivity contribution in [2.45, 2.75) is 18.9 Å². The van der Waals surface area contributed by atoms with Gasteiger partial charge in [-0.15, -0.1) is 0 Å². The molecule has 0 unspecified atom stereocenters. The highest BCUT2D eigenvalue weighted by molar-refractivity contribution is 5.25. The second-order valence-electron chi connectivity index (χ2n) is 4.04. The van der Waals surface area contributed by atoms with Crippen LogP contribution < -0.4 is 5.32 Å². The number of hydrogen-bond acceptors (Lipinski definition) is 2. The Morgan fingerprint density at radius 2 is 1.75 bits per heavy atom. The Labute approximate surface area is 111 Å².